The van der Waals surface area contributed by atoms with Gasteiger partial charge in [-0.05, 0) is 36.6 Å². The molecule has 0 spiro atoms. The minimum atomic E-state index is -0.285. The van der Waals surface area contributed by atoms with Crippen LogP contribution in [-0.2, 0) is 17.9 Å². The molecule has 2 heterocycles. The topological polar surface area (TPSA) is 74.6 Å². The highest BCUT2D eigenvalue weighted by atomic mass is 16.3. The molecule has 1 aliphatic rings. The molecule has 0 saturated carbocycles. The molecule has 2 aromatic carbocycles. The van der Waals surface area contributed by atoms with E-state index < -0.39 is 0 Å². The van der Waals surface area contributed by atoms with Gasteiger partial charge in [-0.1, -0.05) is 60.2 Å². The number of nitrogens with one attached hydrogen (secondary N) is 2. The van der Waals surface area contributed by atoms with E-state index in [1.165, 1.54) is 5.56 Å². The van der Waals surface area contributed by atoms with E-state index in [4.69, 9.17) is 4.42 Å². The van der Waals surface area contributed by atoms with Crippen molar-refractivity contribution in [3.8, 4) is 0 Å². The molecule has 0 aliphatic carbocycles. The number of benzene rings is 2. The Balaban J connectivity index is 1.45. The van der Waals surface area contributed by atoms with Gasteiger partial charge in [-0.2, -0.15) is 0 Å². The highest BCUT2D eigenvalue weighted by Gasteiger charge is 2.34. The molecular weight excluding hydrogens is 402 g/mol. The SMILES string of the molecule is Cc1cccc(C2CC(C(=O)NCc3ccco3)CN(C(=O)NCc3ccccc3)C2)c1. The Morgan fingerprint density at radius 2 is 1.81 bits per heavy atom. The third-order valence-electron chi connectivity index (χ3n) is 5.93. The summed E-state index contributed by atoms with van der Waals surface area (Å²) in [5.74, 6) is 0.471. The first-order valence-corrected chi connectivity index (χ1v) is 11.0. The van der Waals surface area contributed by atoms with Crippen LogP contribution in [0.15, 0.2) is 77.4 Å². The first-order valence-electron chi connectivity index (χ1n) is 11.0. The molecule has 0 radical (unpaired) electrons. The maximum absolute atomic E-state index is 13.0. The van der Waals surface area contributed by atoms with Crippen LogP contribution in [0, 0.1) is 12.8 Å². The van der Waals surface area contributed by atoms with Crippen molar-refractivity contribution >= 4 is 11.9 Å². The van der Waals surface area contributed by atoms with E-state index in [9.17, 15) is 9.59 Å². The zero-order valence-corrected chi connectivity index (χ0v) is 18.3. The number of rotatable bonds is 6. The van der Waals surface area contributed by atoms with Crippen LogP contribution in [-0.4, -0.2) is 29.9 Å². The summed E-state index contributed by atoms with van der Waals surface area (Å²) < 4.78 is 5.32. The summed E-state index contributed by atoms with van der Waals surface area (Å²) in [5, 5.41) is 5.97. The molecule has 2 unspecified atom stereocenters. The maximum Gasteiger partial charge on any atom is 0.317 e. The highest BCUT2D eigenvalue weighted by Crippen LogP contribution is 2.31. The molecule has 2 N–H and O–H groups in total. The predicted molar refractivity (Wildman–Crippen MR) is 123 cm³/mol. The van der Waals surface area contributed by atoms with Gasteiger partial charge in [0.1, 0.15) is 5.76 Å². The van der Waals surface area contributed by atoms with Crippen molar-refractivity contribution in [1.29, 1.82) is 0 Å². The number of piperidine rings is 1. The van der Waals surface area contributed by atoms with Gasteiger partial charge in [-0.25, -0.2) is 4.79 Å². The predicted octanol–water partition coefficient (Wildman–Crippen LogP) is 4.22. The van der Waals surface area contributed by atoms with E-state index in [0.29, 0.717) is 38.4 Å². The summed E-state index contributed by atoms with van der Waals surface area (Å²) in [7, 11) is 0. The van der Waals surface area contributed by atoms with Crippen molar-refractivity contribution in [3.05, 3.63) is 95.4 Å². The summed E-state index contributed by atoms with van der Waals surface area (Å²) in [6, 6.07) is 21.6. The van der Waals surface area contributed by atoms with E-state index in [0.717, 1.165) is 11.1 Å². The van der Waals surface area contributed by atoms with Gasteiger partial charge in [0.25, 0.3) is 0 Å². The van der Waals surface area contributed by atoms with Crippen molar-refractivity contribution in [2.45, 2.75) is 32.4 Å². The second kappa shape index (κ2) is 10.2. The number of aryl methyl sites for hydroxylation is 1. The molecule has 6 heteroatoms. The molecule has 166 valence electrons. The minimum Gasteiger partial charge on any atom is -0.467 e. The smallest absolute Gasteiger partial charge is 0.317 e. The Morgan fingerprint density at radius 1 is 0.969 bits per heavy atom. The minimum absolute atomic E-state index is 0.0559. The lowest BCUT2D eigenvalue weighted by molar-refractivity contribution is -0.126. The number of carbonyl (C=O) groups excluding carboxylic acids is 2. The van der Waals surface area contributed by atoms with Crippen molar-refractivity contribution in [2.24, 2.45) is 5.92 Å². The Morgan fingerprint density at radius 3 is 2.56 bits per heavy atom. The summed E-state index contributed by atoms with van der Waals surface area (Å²) >= 11 is 0. The van der Waals surface area contributed by atoms with E-state index in [-0.39, 0.29) is 23.8 Å². The van der Waals surface area contributed by atoms with Crippen LogP contribution in [0.2, 0.25) is 0 Å². The fourth-order valence-corrected chi connectivity index (χ4v) is 4.24. The van der Waals surface area contributed by atoms with E-state index in [2.05, 4.69) is 35.8 Å². The van der Waals surface area contributed by atoms with Crippen LogP contribution in [0.3, 0.4) is 0 Å². The Kier molecular flexibility index (Phi) is 6.90. The first-order chi connectivity index (χ1) is 15.6. The molecule has 1 aromatic heterocycles. The summed E-state index contributed by atoms with van der Waals surface area (Å²) in [5.41, 5.74) is 3.38. The molecular formula is C26H29N3O3. The van der Waals surface area contributed by atoms with Crippen molar-refractivity contribution < 1.29 is 14.0 Å². The van der Waals surface area contributed by atoms with Crippen molar-refractivity contribution in [3.63, 3.8) is 0 Å². The van der Waals surface area contributed by atoms with Gasteiger partial charge in [0.05, 0.1) is 18.7 Å². The van der Waals surface area contributed by atoms with Crippen LogP contribution in [0.5, 0.6) is 0 Å². The number of hydrogen-bond donors (Lipinski definition) is 2. The summed E-state index contributed by atoms with van der Waals surface area (Å²) in [4.78, 5) is 27.7. The van der Waals surface area contributed by atoms with E-state index >= 15 is 0 Å². The highest BCUT2D eigenvalue weighted by molar-refractivity contribution is 5.81. The number of furan rings is 1. The van der Waals surface area contributed by atoms with Gasteiger partial charge in [-0.3, -0.25) is 4.79 Å². The second-order valence-electron chi connectivity index (χ2n) is 8.39. The fourth-order valence-electron chi connectivity index (χ4n) is 4.24. The van der Waals surface area contributed by atoms with Gasteiger partial charge < -0.3 is 20.0 Å². The number of urea groups is 1. The Hall–Kier alpha value is -3.54. The first kappa shape index (κ1) is 21.7. The van der Waals surface area contributed by atoms with E-state index in [1.54, 1.807) is 17.2 Å². The third-order valence-corrected chi connectivity index (χ3v) is 5.93. The quantitative estimate of drug-likeness (QED) is 0.614. The molecule has 2 atom stereocenters. The molecule has 1 saturated heterocycles. The van der Waals surface area contributed by atoms with Crippen LogP contribution in [0.4, 0.5) is 4.79 Å². The lowest BCUT2D eigenvalue weighted by atomic mass is 9.83. The van der Waals surface area contributed by atoms with E-state index in [1.807, 2.05) is 42.5 Å². The summed E-state index contributed by atoms with van der Waals surface area (Å²) in [6.45, 7) is 3.85. The number of nitrogens with zero attached hydrogens (tertiary/aromatic N) is 1. The molecule has 32 heavy (non-hydrogen) atoms. The van der Waals surface area contributed by atoms with Crippen LogP contribution in [0.1, 0.15) is 34.8 Å². The van der Waals surface area contributed by atoms with Gasteiger partial charge in [0.15, 0.2) is 0 Å². The lowest BCUT2D eigenvalue weighted by Crippen LogP contribution is -2.50. The number of amides is 3. The molecule has 6 nitrogen and oxygen atoms in total. The van der Waals surface area contributed by atoms with Crippen molar-refractivity contribution in [1.82, 2.24) is 15.5 Å². The molecule has 1 fully saturated rings. The third kappa shape index (κ3) is 5.58. The monoisotopic (exact) mass is 431 g/mol. The van der Waals surface area contributed by atoms with Gasteiger partial charge >= 0.3 is 6.03 Å². The van der Waals surface area contributed by atoms with Gasteiger partial charge in [-0.15, -0.1) is 0 Å². The maximum atomic E-state index is 13.0. The normalized spacial score (nSPS) is 18.2. The lowest BCUT2D eigenvalue weighted by Gasteiger charge is -2.37. The second-order valence-corrected chi connectivity index (χ2v) is 8.39. The average Bonchev–Trinajstić information content (AvgIpc) is 3.35. The molecule has 3 amide bonds. The Labute approximate surface area is 188 Å². The molecule has 4 rings (SSSR count). The molecule has 1 aliphatic heterocycles. The molecule has 0 bridgehead atoms. The number of carbonyl (C=O) groups is 2. The van der Waals surface area contributed by atoms with Gasteiger partial charge in [0, 0.05) is 25.6 Å². The Bertz CT molecular complexity index is 1030. The number of hydrogen-bond acceptors (Lipinski definition) is 3. The fraction of sp³-hybridized carbons (Fsp3) is 0.308. The van der Waals surface area contributed by atoms with Crippen LogP contribution < -0.4 is 10.6 Å². The standard InChI is InChI=1S/C26H29N3O3/c1-19-7-5-10-21(13-19)22-14-23(25(30)27-16-24-11-6-12-32-24)18-29(17-22)26(31)28-15-20-8-3-2-4-9-20/h2-13,22-23H,14-18H2,1H3,(H,27,30)(H,28,31). The van der Waals surface area contributed by atoms with Crippen LogP contribution in [0.25, 0.3) is 0 Å². The molecule has 3 aromatic rings. The largest absolute Gasteiger partial charge is 0.467 e. The van der Waals surface area contributed by atoms with Crippen LogP contribution >= 0.6 is 0 Å². The average molecular weight is 432 g/mol. The number of likely N-dealkylation sites (tertiary alicyclic amines) is 1. The zero-order valence-electron chi connectivity index (χ0n) is 18.3. The van der Waals surface area contributed by atoms with Crippen molar-refractivity contribution in [2.75, 3.05) is 13.1 Å². The van der Waals surface area contributed by atoms with Gasteiger partial charge in [0.2, 0.25) is 5.91 Å². The zero-order chi connectivity index (χ0) is 22.3. The summed E-state index contributed by atoms with van der Waals surface area (Å²) in [6.07, 6.45) is 2.30.